The summed E-state index contributed by atoms with van der Waals surface area (Å²) in [4.78, 5) is 24.3. The molecule has 0 saturated carbocycles. The lowest BCUT2D eigenvalue weighted by Crippen LogP contribution is -2.28. The number of thioether (sulfide) groups is 1. The molecule has 1 fully saturated rings. The van der Waals surface area contributed by atoms with E-state index in [4.69, 9.17) is 21.1 Å². The van der Waals surface area contributed by atoms with Gasteiger partial charge in [0, 0.05) is 17.1 Å². The molecule has 2 amide bonds. The maximum Gasteiger partial charge on any atom is 0.240 e. The topological polar surface area (TPSA) is 101 Å². The van der Waals surface area contributed by atoms with Crippen molar-refractivity contribution in [1.82, 2.24) is 5.32 Å². The van der Waals surface area contributed by atoms with Crippen molar-refractivity contribution in [2.75, 3.05) is 19.5 Å². The van der Waals surface area contributed by atoms with E-state index in [1.807, 2.05) is 0 Å². The van der Waals surface area contributed by atoms with Gasteiger partial charge in [0.2, 0.25) is 11.8 Å². The summed E-state index contributed by atoms with van der Waals surface area (Å²) in [6, 6.07) is 12.1. The number of halogens is 1. The number of amidine groups is 1. The monoisotopic (exact) mass is 446 g/mol. The van der Waals surface area contributed by atoms with Crippen molar-refractivity contribution in [2.24, 2.45) is 10.2 Å². The minimum absolute atomic E-state index is 0.0114. The summed E-state index contributed by atoms with van der Waals surface area (Å²) in [5, 5.41) is 13.7. The zero-order valence-corrected chi connectivity index (χ0v) is 17.8. The van der Waals surface area contributed by atoms with Crippen molar-refractivity contribution in [3.05, 3.63) is 53.1 Å². The van der Waals surface area contributed by atoms with E-state index in [0.29, 0.717) is 27.4 Å². The highest BCUT2D eigenvalue weighted by atomic mass is 35.5. The third-order valence-corrected chi connectivity index (χ3v) is 5.36. The predicted octanol–water partition coefficient (Wildman–Crippen LogP) is 3.31. The van der Waals surface area contributed by atoms with Crippen LogP contribution >= 0.6 is 23.4 Å². The lowest BCUT2D eigenvalue weighted by molar-refractivity contribution is -0.122. The molecule has 10 heteroatoms. The first-order valence-electron chi connectivity index (χ1n) is 8.84. The molecule has 2 N–H and O–H groups in total. The SMILES string of the molecule is COc1ccc(/C=N/N=C2\NC(=O)C(CC(=O)Nc3ccc(Cl)cc3)S2)cc1OC. The molecule has 1 aliphatic rings. The second-order valence-corrected chi connectivity index (χ2v) is 7.75. The number of methoxy groups -OCH3 is 2. The lowest BCUT2D eigenvalue weighted by atomic mass is 10.2. The summed E-state index contributed by atoms with van der Waals surface area (Å²) in [6.45, 7) is 0. The van der Waals surface area contributed by atoms with Crippen LogP contribution in [0.5, 0.6) is 11.5 Å². The highest BCUT2D eigenvalue weighted by Crippen LogP contribution is 2.27. The van der Waals surface area contributed by atoms with Gasteiger partial charge in [-0.05, 0) is 48.0 Å². The van der Waals surface area contributed by atoms with E-state index in [9.17, 15) is 9.59 Å². The van der Waals surface area contributed by atoms with Gasteiger partial charge in [-0.25, -0.2) is 0 Å². The van der Waals surface area contributed by atoms with Crippen LogP contribution in [0, 0.1) is 0 Å². The van der Waals surface area contributed by atoms with Crippen LogP contribution in [0.1, 0.15) is 12.0 Å². The maximum absolute atomic E-state index is 12.2. The normalized spacial score (nSPS) is 17.2. The summed E-state index contributed by atoms with van der Waals surface area (Å²) in [6.07, 6.45) is 1.54. The highest BCUT2D eigenvalue weighted by Gasteiger charge is 2.32. The molecule has 1 aliphatic heterocycles. The second-order valence-electron chi connectivity index (χ2n) is 6.12. The number of amides is 2. The second kappa shape index (κ2) is 10.1. The molecular weight excluding hydrogens is 428 g/mol. The van der Waals surface area contributed by atoms with Crippen LogP contribution in [-0.4, -0.2) is 42.7 Å². The number of carbonyl (C=O) groups is 2. The van der Waals surface area contributed by atoms with E-state index in [2.05, 4.69) is 20.8 Å². The van der Waals surface area contributed by atoms with Crippen molar-refractivity contribution in [1.29, 1.82) is 0 Å². The van der Waals surface area contributed by atoms with Gasteiger partial charge >= 0.3 is 0 Å². The zero-order chi connectivity index (χ0) is 21.5. The Morgan fingerprint density at radius 2 is 1.93 bits per heavy atom. The third-order valence-electron chi connectivity index (χ3n) is 4.04. The Labute approximate surface area is 182 Å². The van der Waals surface area contributed by atoms with Gasteiger partial charge in [-0.2, -0.15) is 5.10 Å². The van der Waals surface area contributed by atoms with Crippen LogP contribution in [0.2, 0.25) is 5.02 Å². The Balaban J connectivity index is 1.57. The number of nitrogens with zero attached hydrogens (tertiary/aromatic N) is 2. The van der Waals surface area contributed by atoms with Crippen molar-refractivity contribution >= 4 is 52.2 Å². The van der Waals surface area contributed by atoms with Crippen molar-refractivity contribution in [3.63, 3.8) is 0 Å². The molecular formula is C20H19ClN4O4S. The molecule has 0 bridgehead atoms. The average Bonchev–Trinajstić information content (AvgIpc) is 3.08. The quantitative estimate of drug-likeness (QED) is 0.502. The van der Waals surface area contributed by atoms with Crippen molar-refractivity contribution < 1.29 is 19.1 Å². The van der Waals surface area contributed by atoms with E-state index in [1.165, 1.54) is 6.21 Å². The minimum atomic E-state index is -0.577. The maximum atomic E-state index is 12.2. The van der Waals surface area contributed by atoms with Gasteiger partial charge in [-0.3, -0.25) is 9.59 Å². The standard InChI is InChI=1S/C20H19ClN4O4S/c1-28-15-8-3-12(9-16(15)29-2)11-22-25-20-24-19(27)17(30-20)10-18(26)23-14-6-4-13(21)5-7-14/h3-9,11,17H,10H2,1-2H3,(H,23,26)(H,24,25,27)/b22-11+. The fraction of sp³-hybridized carbons (Fsp3) is 0.200. The lowest BCUT2D eigenvalue weighted by Gasteiger charge is -2.07. The molecule has 156 valence electrons. The summed E-state index contributed by atoms with van der Waals surface area (Å²) in [5.41, 5.74) is 1.37. The van der Waals surface area contributed by atoms with Gasteiger partial charge in [0.1, 0.15) is 5.25 Å². The summed E-state index contributed by atoms with van der Waals surface area (Å²) in [7, 11) is 3.11. The number of rotatable bonds is 7. The van der Waals surface area contributed by atoms with Gasteiger partial charge < -0.3 is 20.1 Å². The largest absolute Gasteiger partial charge is 0.493 e. The summed E-state index contributed by atoms with van der Waals surface area (Å²) < 4.78 is 10.4. The molecule has 0 aliphatic carbocycles. The number of nitrogens with one attached hydrogen (secondary N) is 2. The molecule has 2 aromatic rings. The first kappa shape index (κ1) is 21.7. The van der Waals surface area contributed by atoms with Crippen molar-refractivity contribution in [2.45, 2.75) is 11.7 Å². The number of anilines is 1. The molecule has 3 rings (SSSR count). The van der Waals surface area contributed by atoms with Gasteiger partial charge in [0.15, 0.2) is 16.7 Å². The summed E-state index contributed by atoms with van der Waals surface area (Å²) >= 11 is 6.98. The Hall–Kier alpha value is -3.04. The van der Waals surface area contributed by atoms with Gasteiger partial charge in [-0.1, -0.05) is 23.4 Å². The molecule has 0 spiro atoms. The van der Waals surface area contributed by atoms with Gasteiger partial charge in [-0.15, -0.1) is 5.10 Å². The highest BCUT2D eigenvalue weighted by molar-refractivity contribution is 8.15. The molecule has 0 radical (unpaired) electrons. The van der Waals surface area contributed by atoms with Crippen LogP contribution in [-0.2, 0) is 9.59 Å². The van der Waals surface area contributed by atoms with Crippen LogP contribution in [0.25, 0.3) is 0 Å². The Bertz CT molecular complexity index is 995. The predicted molar refractivity (Wildman–Crippen MR) is 119 cm³/mol. The van der Waals surface area contributed by atoms with Crippen LogP contribution in [0.15, 0.2) is 52.7 Å². The number of hydrogen-bond donors (Lipinski definition) is 2. The first-order valence-corrected chi connectivity index (χ1v) is 10.1. The first-order chi connectivity index (χ1) is 14.5. The van der Waals surface area contributed by atoms with E-state index in [-0.39, 0.29) is 18.2 Å². The van der Waals surface area contributed by atoms with E-state index < -0.39 is 5.25 Å². The molecule has 2 aromatic carbocycles. The fourth-order valence-electron chi connectivity index (χ4n) is 2.58. The molecule has 1 heterocycles. The Morgan fingerprint density at radius 1 is 1.20 bits per heavy atom. The van der Waals surface area contributed by atoms with Gasteiger partial charge in [0.25, 0.3) is 0 Å². The zero-order valence-electron chi connectivity index (χ0n) is 16.2. The number of hydrogen-bond acceptors (Lipinski definition) is 7. The smallest absolute Gasteiger partial charge is 0.240 e. The van der Waals surface area contributed by atoms with Gasteiger partial charge in [0.05, 0.1) is 20.4 Å². The summed E-state index contributed by atoms with van der Waals surface area (Å²) in [5.74, 6) is 0.620. The molecule has 1 atom stereocenters. The molecule has 1 saturated heterocycles. The van der Waals surface area contributed by atoms with Crippen LogP contribution in [0.3, 0.4) is 0 Å². The van der Waals surface area contributed by atoms with E-state index >= 15 is 0 Å². The third kappa shape index (κ3) is 5.74. The van der Waals surface area contributed by atoms with E-state index in [1.54, 1.807) is 56.7 Å². The molecule has 30 heavy (non-hydrogen) atoms. The Morgan fingerprint density at radius 3 is 2.63 bits per heavy atom. The number of ether oxygens (including phenoxy) is 2. The number of carbonyl (C=O) groups excluding carboxylic acids is 2. The Kier molecular flexibility index (Phi) is 7.31. The molecule has 8 nitrogen and oxygen atoms in total. The molecule has 1 unspecified atom stereocenters. The molecule has 0 aromatic heterocycles. The van der Waals surface area contributed by atoms with Crippen LogP contribution in [0.4, 0.5) is 5.69 Å². The average molecular weight is 447 g/mol. The van der Waals surface area contributed by atoms with Crippen LogP contribution < -0.4 is 20.1 Å². The minimum Gasteiger partial charge on any atom is -0.493 e. The fourth-order valence-corrected chi connectivity index (χ4v) is 3.63. The number of benzene rings is 2. The van der Waals surface area contributed by atoms with E-state index in [0.717, 1.165) is 17.3 Å². The van der Waals surface area contributed by atoms with Crippen molar-refractivity contribution in [3.8, 4) is 11.5 Å².